The highest BCUT2D eigenvalue weighted by Crippen LogP contribution is 2.18. The van der Waals surface area contributed by atoms with Crippen LogP contribution in [-0.2, 0) is 9.47 Å². The van der Waals surface area contributed by atoms with Gasteiger partial charge in [-0.15, -0.1) is 0 Å². The van der Waals surface area contributed by atoms with Gasteiger partial charge in [-0.3, -0.25) is 0 Å². The van der Waals surface area contributed by atoms with Crippen molar-refractivity contribution in [1.82, 2.24) is 0 Å². The second-order valence-corrected chi connectivity index (χ2v) is 3.35. The predicted molar refractivity (Wildman–Crippen MR) is 47.0 cm³/mol. The molecule has 1 heterocycles. The molecule has 66 valence electrons. The van der Waals surface area contributed by atoms with Crippen molar-refractivity contribution < 1.29 is 9.47 Å². The van der Waals surface area contributed by atoms with Crippen LogP contribution in [0.3, 0.4) is 0 Å². The number of rotatable bonds is 3. The van der Waals surface area contributed by atoms with Gasteiger partial charge in [0.1, 0.15) is 6.10 Å². The highest BCUT2D eigenvalue weighted by atomic mass is 16.6. The molecule has 0 saturated carbocycles. The Labute approximate surface area is 72.9 Å². The summed E-state index contributed by atoms with van der Waals surface area (Å²) in [6.45, 7) is 3.75. The van der Waals surface area contributed by atoms with E-state index in [-0.39, 0.29) is 0 Å². The van der Waals surface area contributed by atoms with Gasteiger partial charge in [-0.2, -0.15) is 0 Å². The van der Waals surface area contributed by atoms with Gasteiger partial charge >= 0.3 is 0 Å². The van der Waals surface area contributed by atoms with Gasteiger partial charge in [0.05, 0.1) is 19.3 Å². The van der Waals surface area contributed by atoms with Gasteiger partial charge < -0.3 is 9.47 Å². The van der Waals surface area contributed by atoms with E-state index in [4.69, 9.17) is 9.47 Å². The number of allylic oxidation sites excluding steroid dienone is 2. The third kappa shape index (κ3) is 1.96. The van der Waals surface area contributed by atoms with E-state index < -0.39 is 0 Å². The quantitative estimate of drug-likeness (QED) is 0.595. The van der Waals surface area contributed by atoms with Crippen LogP contribution in [0.1, 0.15) is 13.3 Å². The summed E-state index contributed by atoms with van der Waals surface area (Å²) in [5, 5.41) is 0. The predicted octanol–water partition coefficient (Wildman–Crippen LogP) is 1.68. The van der Waals surface area contributed by atoms with Crippen molar-refractivity contribution in [3.63, 3.8) is 0 Å². The van der Waals surface area contributed by atoms with Gasteiger partial charge in [-0.05, 0) is 18.9 Å². The summed E-state index contributed by atoms with van der Waals surface area (Å²) < 4.78 is 10.7. The summed E-state index contributed by atoms with van der Waals surface area (Å²) >= 11 is 0. The summed E-state index contributed by atoms with van der Waals surface area (Å²) in [6, 6.07) is 0. The van der Waals surface area contributed by atoms with E-state index in [9.17, 15) is 0 Å². The molecule has 0 radical (unpaired) electrons. The van der Waals surface area contributed by atoms with Crippen molar-refractivity contribution in [2.24, 2.45) is 0 Å². The van der Waals surface area contributed by atoms with Gasteiger partial charge in [0.15, 0.2) is 0 Å². The summed E-state index contributed by atoms with van der Waals surface area (Å²) in [5.41, 5.74) is 1.32. The Hall–Kier alpha value is -0.600. The van der Waals surface area contributed by atoms with E-state index in [1.165, 1.54) is 5.57 Å². The zero-order valence-electron chi connectivity index (χ0n) is 7.32. The second kappa shape index (κ2) is 3.42. The monoisotopic (exact) mass is 166 g/mol. The molecule has 2 atom stereocenters. The van der Waals surface area contributed by atoms with E-state index in [0.29, 0.717) is 12.2 Å². The number of hydrogen-bond acceptors (Lipinski definition) is 2. The van der Waals surface area contributed by atoms with Gasteiger partial charge in [0.25, 0.3) is 0 Å². The van der Waals surface area contributed by atoms with Crippen molar-refractivity contribution in [2.45, 2.75) is 25.6 Å². The summed E-state index contributed by atoms with van der Waals surface area (Å²) in [6.07, 6.45) is 8.02. The molecule has 1 aliphatic heterocycles. The molecule has 0 N–H and O–H groups in total. The fraction of sp³-hybridized carbons (Fsp3) is 0.600. The van der Waals surface area contributed by atoms with Crippen LogP contribution in [0.4, 0.5) is 0 Å². The van der Waals surface area contributed by atoms with Crippen molar-refractivity contribution in [2.75, 3.05) is 13.2 Å². The molecule has 1 fully saturated rings. The first-order chi connectivity index (χ1) is 5.86. The second-order valence-electron chi connectivity index (χ2n) is 3.35. The molecule has 1 saturated heterocycles. The van der Waals surface area contributed by atoms with E-state index in [1.807, 2.05) is 0 Å². The third-order valence-electron chi connectivity index (χ3n) is 2.24. The fourth-order valence-corrected chi connectivity index (χ4v) is 1.30. The number of epoxide rings is 1. The standard InChI is InChI=1S/C10H14O2/c1-8-4-2-3-5-10(8)12-7-9-6-11-9/h2-4,9-10H,5-7H2,1H3. The topological polar surface area (TPSA) is 21.8 Å². The maximum Gasteiger partial charge on any atom is 0.104 e. The van der Waals surface area contributed by atoms with Crippen molar-refractivity contribution in [3.05, 3.63) is 23.8 Å². The van der Waals surface area contributed by atoms with Crippen molar-refractivity contribution in [1.29, 1.82) is 0 Å². The van der Waals surface area contributed by atoms with Crippen LogP contribution in [0.15, 0.2) is 23.8 Å². The molecule has 0 amide bonds. The van der Waals surface area contributed by atoms with Crippen LogP contribution in [-0.4, -0.2) is 25.4 Å². The van der Waals surface area contributed by atoms with Gasteiger partial charge in [0, 0.05) is 0 Å². The van der Waals surface area contributed by atoms with Crippen LogP contribution in [0.25, 0.3) is 0 Å². The fourth-order valence-electron chi connectivity index (χ4n) is 1.30. The highest BCUT2D eigenvalue weighted by Gasteiger charge is 2.24. The molecular formula is C10H14O2. The van der Waals surface area contributed by atoms with E-state index >= 15 is 0 Å². The van der Waals surface area contributed by atoms with E-state index in [1.54, 1.807) is 0 Å². The first-order valence-electron chi connectivity index (χ1n) is 4.43. The van der Waals surface area contributed by atoms with Gasteiger partial charge in [0.2, 0.25) is 0 Å². The molecule has 2 unspecified atom stereocenters. The maximum absolute atomic E-state index is 5.67. The zero-order valence-corrected chi connectivity index (χ0v) is 7.32. The van der Waals surface area contributed by atoms with Crippen LogP contribution >= 0.6 is 0 Å². The Morgan fingerprint density at radius 2 is 2.50 bits per heavy atom. The average Bonchev–Trinajstić information content (AvgIpc) is 2.86. The number of ether oxygens (including phenoxy) is 2. The normalized spacial score (nSPS) is 33.2. The lowest BCUT2D eigenvalue weighted by atomic mass is 10.0. The van der Waals surface area contributed by atoms with Crippen molar-refractivity contribution >= 4 is 0 Å². The molecule has 0 spiro atoms. The summed E-state index contributed by atoms with van der Waals surface area (Å²) in [7, 11) is 0. The molecule has 2 aliphatic rings. The van der Waals surface area contributed by atoms with Gasteiger partial charge in [-0.25, -0.2) is 0 Å². The largest absolute Gasteiger partial charge is 0.371 e. The Kier molecular flexibility index (Phi) is 2.28. The maximum atomic E-state index is 5.67. The lowest BCUT2D eigenvalue weighted by Gasteiger charge is -2.18. The molecule has 0 aromatic carbocycles. The summed E-state index contributed by atoms with van der Waals surface area (Å²) in [4.78, 5) is 0. The van der Waals surface area contributed by atoms with Crippen LogP contribution < -0.4 is 0 Å². The Morgan fingerprint density at radius 1 is 1.67 bits per heavy atom. The Balaban J connectivity index is 1.78. The Bertz CT molecular complexity index is 214. The zero-order chi connectivity index (χ0) is 8.39. The minimum Gasteiger partial charge on any atom is -0.371 e. The van der Waals surface area contributed by atoms with Crippen LogP contribution in [0, 0.1) is 0 Å². The molecule has 2 rings (SSSR count). The summed E-state index contributed by atoms with van der Waals surface area (Å²) in [5.74, 6) is 0. The van der Waals surface area contributed by atoms with Crippen LogP contribution in [0.5, 0.6) is 0 Å². The molecule has 1 aliphatic carbocycles. The molecule has 0 bridgehead atoms. The van der Waals surface area contributed by atoms with E-state index in [0.717, 1.165) is 19.6 Å². The third-order valence-corrected chi connectivity index (χ3v) is 2.24. The lowest BCUT2D eigenvalue weighted by molar-refractivity contribution is 0.0661. The van der Waals surface area contributed by atoms with E-state index in [2.05, 4.69) is 25.2 Å². The molecule has 12 heavy (non-hydrogen) atoms. The van der Waals surface area contributed by atoms with Crippen molar-refractivity contribution in [3.8, 4) is 0 Å². The number of hydrogen-bond donors (Lipinski definition) is 0. The molecule has 0 aromatic rings. The minimum atomic E-state index is 0.291. The molecular weight excluding hydrogens is 152 g/mol. The molecule has 2 heteroatoms. The lowest BCUT2D eigenvalue weighted by Crippen LogP contribution is -2.18. The minimum absolute atomic E-state index is 0.291. The average molecular weight is 166 g/mol. The Morgan fingerprint density at radius 3 is 3.17 bits per heavy atom. The highest BCUT2D eigenvalue weighted by molar-refractivity contribution is 5.20. The van der Waals surface area contributed by atoms with Crippen LogP contribution in [0.2, 0.25) is 0 Å². The smallest absolute Gasteiger partial charge is 0.104 e. The first-order valence-corrected chi connectivity index (χ1v) is 4.43. The molecule has 0 aromatic heterocycles. The molecule has 2 nitrogen and oxygen atoms in total. The first kappa shape index (κ1) is 8.02. The SMILES string of the molecule is CC1=CC=CCC1OCC1CO1. The van der Waals surface area contributed by atoms with Gasteiger partial charge in [-0.1, -0.05) is 18.2 Å².